The Bertz CT molecular complexity index is 421. The van der Waals surface area contributed by atoms with Crippen LogP contribution in [0.25, 0.3) is 0 Å². The highest BCUT2D eigenvalue weighted by atomic mass is 15.2. The van der Waals surface area contributed by atoms with Crippen molar-refractivity contribution >= 4 is 5.69 Å². The van der Waals surface area contributed by atoms with Crippen LogP contribution < -0.4 is 10.2 Å². The Morgan fingerprint density at radius 1 is 1.30 bits per heavy atom. The molecule has 0 unspecified atom stereocenters. The summed E-state index contributed by atoms with van der Waals surface area (Å²) in [5, 5.41) is 3.40. The lowest BCUT2D eigenvalue weighted by Crippen LogP contribution is -2.28. The van der Waals surface area contributed by atoms with Crippen molar-refractivity contribution in [2.45, 2.75) is 59.5 Å². The van der Waals surface area contributed by atoms with Crippen LogP contribution in [0.15, 0.2) is 18.2 Å². The van der Waals surface area contributed by atoms with Gasteiger partial charge in [0.15, 0.2) is 0 Å². The van der Waals surface area contributed by atoms with Crippen LogP contribution >= 0.6 is 0 Å². The van der Waals surface area contributed by atoms with Gasteiger partial charge in [-0.2, -0.15) is 0 Å². The summed E-state index contributed by atoms with van der Waals surface area (Å²) in [6, 6.07) is 7.77. The van der Waals surface area contributed by atoms with Crippen LogP contribution in [0.5, 0.6) is 0 Å². The van der Waals surface area contributed by atoms with Gasteiger partial charge in [0.1, 0.15) is 0 Å². The van der Waals surface area contributed by atoms with E-state index in [1.807, 2.05) is 0 Å². The number of benzene rings is 1. The van der Waals surface area contributed by atoms with Crippen molar-refractivity contribution in [3.8, 4) is 0 Å². The van der Waals surface area contributed by atoms with E-state index in [0.717, 1.165) is 25.0 Å². The number of nitrogens with zero attached hydrogens (tertiary/aromatic N) is 1. The van der Waals surface area contributed by atoms with Crippen molar-refractivity contribution < 1.29 is 0 Å². The second kappa shape index (κ2) is 7.12. The molecule has 0 amide bonds. The molecule has 1 N–H and O–H groups in total. The van der Waals surface area contributed by atoms with Crippen LogP contribution in [0, 0.1) is 12.8 Å². The number of nitrogens with one attached hydrogen (secondary N) is 1. The van der Waals surface area contributed by atoms with Crippen LogP contribution in [0.2, 0.25) is 0 Å². The highest BCUT2D eigenvalue weighted by Crippen LogP contribution is 2.34. The first-order valence-corrected chi connectivity index (χ1v) is 8.18. The maximum absolute atomic E-state index is 3.40. The lowest BCUT2D eigenvalue weighted by Gasteiger charge is -2.27. The van der Waals surface area contributed by atoms with Crippen molar-refractivity contribution in [3.05, 3.63) is 29.3 Å². The second-order valence-corrected chi connectivity index (χ2v) is 6.51. The summed E-state index contributed by atoms with van der Waals surface area (Å²) < 4.78 is 0. The molecule has 112 valence electrons. The van der Waals surface area contributed by atoms with Crippen molar-refractivity contribution in [1.82, 2.24) is 5.32 Å². The van der Waals surface area contributed by atoms with E-state index in [9.17, 15) is 0 Å². The van der Waals surface area contributed by atoms with Crippen molar-refractivity contribution in [2.24, 2.45) is 5.92 Å². The fourth-order valence-corrected chi connectivity index (χ4v) is 2.70. The van der Waals surface area contributed by atoms with Crippen LogP contribution in [0.4, 0.5) is 5.69 Å². The summed E-state index contributed by atoms with van der Waals surface area (Å²) in [6.45, 7) is 12.3. The lowest BCUT2D eigenvalue weighted by molar-refractivity contribution is 0.570. The lowest BCUT2D eigenvalue weighted by atomic mass is 10.1. The van der Waals surface area contributed by atoms with E-state index in [1.54, 1.807) is 0 Å². The number of hydrogen-bond acceptors (Lipinski definition) is 2. The molecule has 0 saturated heterocycles. The predicted molar refractivity (Wildman–Crippen MR) is 88.4 cm³/mol. The Kier molecular flexibility index (Phi) is 5.47. The highest BCUT2D eigenvalue weighted by molar-refractivity contribution is 5.56. The predicted octanol–water partition coefficient (Wildman–Crippen LogP) is 4.12. The van der Waals surface area contributed by atoms with Crippen molar-refractivity contribution in [3.63, 3.8) is 0 Å². The second-order valence-electron chi connectivity index (χ2n) is 6.51. The van der Waals surface area contributed by atoms with Gasteiger partial charge in [-0.05, 0) is 55.8 Å². The van der Waals surface area contributed by atoms with E-state index in [-0.39, 0.29) is 0 Å². The van der Waals surface area contributed by atoms with Gasteiger partial charge in [-0.25, -0.2) is 0 Å². The standard InChI is InChI=1S/C18H30N2/c1-5-19-13-16-6-9-18(15(4)12-16)20(17-7-8-17)11-10-14(2)3/h6,9,12,14,17,19H,5,7-8,10-11,13H2,1-4H3. The molecule has 0 bridgehead atoms. The molecular weight excluding hydrogens is 244 g/mol. The van der Waals surface area contributed by atoms with Crippen molar-refractivity contribution in [2.75, 3.05) is 18.0 Å². The topological polar surface area (TPSA) is 15.3 Å². The Morgan fingerprint density at radius 2 is 2.05 bits per heavy atom. The van der Waals surface area contributed by atoms with Crippen molar-refractivity contribution in [1.29, 1.82) is 0 Å². The summed E-state index contributed by atoms with van der Waals surface area (Å²) in [5.41, 5.74) is 4.28. The van der Waals surface area contributed by atoms with Gasteiger partial charge in [-0.3, -0.25) is 0 Å². The third kappa shape index (κ3) is 4.24. The maximum atomic E-state index is 3.40. The van der Waals surface area contributed by atoms with Crippen LogP contribution in [-0.4, -0.2) is 19.1 Å². The van der Waals surface area contributed by atoms with Gasteiger partial charge in [-0.15, -0.1) is 0 Å². The molecule has 0 heterocycles. The summed E-state index contributed by atoms with van der Waals surface area (Å²) in [6.07, 6.45) is 4.03. The fraction of sp³-hybridized carbons (Fsp3) is 0.667. The van der Waals surface area contributed by atoms with E-state index in [2.05, 4.69) is 56.1 Å². The smallest absolute Gasteiger partial charge is 0.0398 e. The van der Waals surface area contributed by atoms with Gasteiger partial charge in [0, 0.05) is 24.8 Å². The first kappa shape index (κ1) is 15.4. The number of rotatable bonds is 8. The van der Waals surface area contributed by atoms with E-state index in [0.29, 0.717) is 0 Å². The molecule has 0 aromatic heterocycles. The van der Waals surface area contributed by atoms with Crippen LogP contribution in [-0.2, 0) is 6.54 Å². The maximum Gasteiger partial charge on any atom is 0.0398 e. The molecule has 2 nitrogen and oxygen atoms in total. The van der Waals surface area contributed by atoms with E-state index in [1.165, 1.54) is 42.6 Å². The van der Waals surface area contributed by atoms with E-state index < -0.39 is 0 Å². The number of hydrogen-bond donors (Lipinski definition) is 1. The minimum Gasteiger partial charge on any atom is -0.368 e. The molecular formula is C18H30N2. The van der Waals surface area contributed by atoms with Gasteiger partial charge in [0.25, 0.3) is 0 Å². The average Bonchev–Trinajstić information content (AvgIpc) is 3.22. The molecule has 0 radical (unpaired) electrons. The normalized spacial score (nSPS) is 14.8. The van der Waals surface area contributed by atoms with E-state index >= 15 is 0 Å². The molecule has 1 aliphatic rings. The summed E-state index contributed by atoms with van der Waals surface area (Å²) in [4.78, 5) is 2.65. The zero-order valence-electron chi connectivity index (χ0n) is 13.6. The molecule has 2 rings (SSSR count). The van der Waals surface area contributed by atoms with Gasteiger partial charge < -0.3 is 10.2 Å². The Morgan fingerprint density at radius 3 is 2.60 bits per heavy atom. The SMILES string of the molecule is CCNCc1ccc(N(CCC(C)C)C2CC2)c(C)c1. The summed E-state index contributed by atoms with van der Waals surface area (Å²) in [7, 11) is 0. The molecule has 0 aliphatic heterocycles. The molecule has 2 heteroatoms. The Labute approximate surface area is 124 Å². The number of aryl methyl sites for hydroxylation is 1. The number of anilines is 1. The Balaban J connectivity index is 2.08. The summed E-state index contributed by atoms with van der Waals surface area (Å²) in [5.74, 6) is 0.782. The molecule has 1 aromatic carbocycles. The van der Waals surface area contributed by atoms with Gasteiger partial charge in [0.05, 0.1) is 0 Å². The molecule has 20 heavy (non-hydrogen) atoms. The highest BCUT2D eigenvalue weighted by Gasteiger charge is 2.29. The first-order valence-electron chi connectivity index (χ1n) is 8.18. The minimum atomic E-state index is 0.782. The zero-order valence-corrected chi connectivity index (χ0v) is 13.6. The average molecular weight is 274 g/mol. The van der Waals surface area contributed by atoms with Crippen LogP contribution in [0.1, 0.15) is 51.2 Å². The minimum absolute atomic E-state index is 0.782. The summed E-state index contributed by atoms with van der Waals surface area (Å²) >= 11 is 0. The monoisotopic (exact) mass is 274 g/mol. The van der Waals surface area contributed by atoms with Crippen LogP contribution in [0.3, 0.4) is 0 Å². The largest absolute Gasteiger partial charge is 0.368 e. The van der Waals surface area contributed by atoms with Gasteiger partial charge in [-0.1, -0.05) is 32.9 Å². The molecule has 0 spiro atoms. The first-order chi connectivity index (χ1) is 9.61. The molecule has 1 aromatic rings. The molecule has 1 saturated carbocycles. The molecule has 0 atom stereocenters. The Hall–Kier alpha value is -1.02. The fourth-order valence-electron chi connectivity index (χ4n) is 2.70. The third-order valence-electron chi connectivity index (χ3n) is 4.08. The zero-order chi connectivity index (χ0) is 14.5. The quantitative estimate of drug-likeness (QED) is 0.767. The third-order valence-corrected chi connectivity index (χ3v) is 4.08. The van der Waals surface area contributed by atoms with Gasteiger partial charge in [0.2, 0.25) is 0 Å². The van der Waals surface area contributed by atoms with Gasteiger partial charge >= 0.3 is 0 Å². The molecule has 1 fully saturated rings. The van der Waals surface area contributed by atoms with E-state index in [4.69, 9.17) is 0 Å². The molecule has 1 aliphatic carbocycles.